The molecular weight excluding hydrogens is 484 g/mol. The summed E-state index contributed by atoms with van der Waals surface area (Å²) in [4.78, 5) is 5.04. The van der Waals surface area contributed by atoms with Crippen LogP contribution in [-0.2, 0) is 0 Å². The quantitative estimate of drug-likeness (QED) is 0.0619. The van der Waals surface area contributed by atoms with E-state index in [0.29, 0.717) is 0 Å². The summed E-state index contributed by atoms with van der Waals surface area (Å²) >= 11 is 0. The first-order valence-corrected chi connectivity index (χ1v) is 17.5. The maximum atomic E-state index is 4.37. The fourth-order valence-electron chi connectivity index (χ4n) is 5.54. The second kappa shape index (κ2) is 29.2. The van der Waals surface area contributed by atoms with Gasteiger partial charge in [-0.3, -0.25) is 0 Å². The Hall–Kier alpha value is -1.28. The lowest BCUT2D eigenvalue weighted by molar-refractivity contribution is 0.248. The van der Waals surface area contributed by atoms with Gasteiger partial charge in [0, 0.05) is 12.2 Å². The van der Waals surface area contributed by atoms with Crippen LogP contribution in [0, 0.1) is 0 Å². The van der Waals surface area contributed by atoms with Crippen molar-refractivity contribution in [2.75, 3.05) is 26.2 Å². The van der Waals surface area contributed by atoms with Crippen LogP contribution in [0.25, 0.3) is 0 Å². The third-order valence-electron chi connectivity index (χ3n) is 8.16. The van der Waals surface area contributed by atoms with Gasteiger partial charge in [-0.1, -0.05) is 121 Å². The highest BCUT2D eigenvalue weighted by atomic mass is 15.1. The number of nitrogens with zero attached hydrogens (tertiary/aromatic N) is 2. The lowest BCUT2D eigenvalue weighted by atomic mass is 10.0. The van der Waals surface area contributed by atoms with Gasteiger partial charge >= 0.3 is 0 Å². The van der Waals surface area contributed by atoms with E-state index >= 15 is 0 Å². The Morgan fingerprint density at radius 3 is 1.40 bits per heavy atom. The first kappa shape index (κ1) is 38.7. The van der Waals surface area contributed by atoms with Gasteiger partial charge in [0.15, 0.2) is 0 Å². The molecule has 0 fully saturated rings. The molecule has 0 aliphatic carbocycles. The number of unbranched alkanes of at least 4 members (excludes halogenated alkanes) is 15. The minimum Gasteiger partial charge on any atom is -0.353 e. The van der Waals surface area contributed by atoms with Crippen LogP contribution < -0.4 is 0 Å². The van der Waals surface area contributed by atoms with E-state index < -0.39 is 0 Å². The number of rotatable bonds is 31. The normalized spacial score (nSPS) is 11.5. The zero-order chi connectivity index (χ0) is 29.7. The SMILES string of the molecule is C=C(C)CCCCCCCN(CCCCCCCC(=C)CCCCCCCCCC)CCCN(/C=C\C)C(=C)C. The van der Waals surface area contributed by atoms with E-state index in [1.807, 2.05) is 0 Å². The van der Waals surface area contributed by atoms with E-state index in [-0.39, 0.29) is 0 Å². The second-order valence-electron chi connectivity index (χ2n) is 12.6. The summed E-state index contributed by atoms with van der Waals surface area (Å²) in [6, 6.07) is 0. The van der Waals surface area contributed by atoms with E-state index in [0.717, 1.165) is 12.2 Å². The van der Waals surface area contributed by atoms with E-state index in [4.69, 9.17) is 0 Å². The summed E-state index contributed by atoms with van der Waals surface area (Å²) in [5.41, 5.74) is 3.97. The summed E-state index contributed by atoms with van der Waals surface area (Å²) in [6.45, 7) is 26.0. The van der Waals surface area contributed by atoms with Gasteiger partial charge < -0.3 is 9.80 Å². The maximum absolute atomic E-state index is 4.37. The summed E-state index contributed by atoms with van der Waals surface area (Å²) < 4.78 is 0. The average Bonchev–Trinajstić information content (AvgIpc) is 2.92. The highest BCUT2D eigenvalue weighted by Crippen LogP contribution is 2.17. The van der Waals surface area contributed by atoms with E-state index in [9.17, 15) is 0 Å². The van der Waals surface area contributed by atoms with Gasteiger partial charge in [0.2, 0.25) is 0 Å². The van der Waals surface area contributed by atoms with Crippen molar-refractivity contribution in [1.29, 1.82) is 0 Å². The lowest BCUT2D eigenvalue weighted by Crippen LogP contribution is -2.29. The van der Waals surface area contributed by atoms with Gasteiger partial charge in [0.05, 0.1) is 0 Å². The largest absolute Gasteiger partial charge is 0.353 e. The summed E-state index contributed by atoms with van der Waals surface area (Å²) in [7, 11) is 0. The van der Waals surface area contributed by atoms with Gasteiger partial charge in [-0.25, -0.2) is 0 Å². The molecule has 2 nitrogen and oxygen atoms in total. The molecule has 0 saturated carbocycles. The van der Waals surface area contributed by atoms with Crippen molar-refractivity contribution in [3.05, 3.63) is 48.9 Å². The average molecular weight is 557 g/mol. The highest BCUT2D eigenvalue weighted by Gasteiger charge is 2.07. The van der Waals surface area contributed by atoms with Crippen LogP contribution in [0.4, 0.5) is 0 Å². The van der Waals surface area contributed by atoms with Gasteiger partial charge in [-0.05, 0) is 104 Å². The molecule has 0 aromatic rings. The van der Waals surface area contributed by atoms with E-state index in [2.05, 4.69) is 69.5 Å². The fraction of sp³-hybridized carbons (Fsp3) is 0.789. The molecule has 40 heavy (non-hydrogen) atoms. The van der Waals surface area contributed by atoms with Crippen LogP contribution in [-0.4, -0.2) is 36.0 Å². The van der Waals surface area contributed by atoms with Crippen molar-refractivity contribution in [3.8, 4) is 0 Å². The number of hydrogen-bond acceptors (Lipinski definition) is 2. The minimum absolute atomic E-state index is 1.07. The van der Waals surface area contributed by atoms with Gasteiger partial charge in [-0.2, -0.15) is 0 Å². The molecule has 0 aromatic heterocycles. The topological polar surface area (TPSA) is 6.48 Å². The summed E-state index contributed by atoms with van der Waals surface area (Å²) in [5, 5.41) is 0. The van der Waals surface area contributed by atoms with Crippen molar-refractivity contribution in [2.45, 2.75) is 169 Å². The maximum Gasteiger partial charge on any atom is 0.0233 e. The lowest BCUT2D eigenvalue weighted by Gasteiger charge is -2.25. The molecule has 0 atom stereocenters. The zero-order valence-corrected chi connectivity index (χ0v) is 28.1. The van der Waals surface area contributed by atoms with Crippen LogP contribution in [0.15, 0.2) is 48.9 Å². The predicted molar refractivity (Wildman–Crippen MR) is 184 cm³/mol. The van der Waals surface area contributed by atoms with Crippen LogP contribution in [0.5, 0.6) is 0 Å². The van der Waals surface area contributed by atoms with Crippen LogP contribution in [0.3, 0.4) is 0 Å². The van der Waals surface area contributed by atoms with Gasteiger partial charge in [-0.15, -0.1) is 6.58 Å². The molecule has 0 bridgehead atoms. The molecule has 0 amide bonds. The molecule has 0 unspecified atom stereocenters. The molecular formula is C38H72N2. The first-order chi connectivity index (χ1) is 19.4. The van der Waals surface area contributed by atoms with Crippen LogP contribution >= 0.6 is 0 Å². The Kier molecular flexibility index (Phi) is 28.3. The monoisotopic (exact) mass is 557 g/mol. The van der Waals surface area contributed by atoms with Crippen LogP contribution in [0.1, 0.15) is 169 Å². The molecule has 234 valence electrons. The zero-order valence-electron chi connectivity index (χ0n) is 28.1. The Morgan fingerprint density at radius 1 is 0.525 bits per heavy atom. The fourth-order valence-corrected chi connectivity index (χ4v) is 5.54. The molecule has 0 heterocycles. The molecule has 0 N–H and O–H groups in total. The molecule has 0 radical (unpaired) electrons. The Bertz CT molecular complexity index is 631. The third kappa shape index (κ3) is 26.9. The molecule has 2 heteroatoms. The summed E-state index contributed by atoms with van der Waals surface area (Å²) in [6.07, 6.45) is 34.0. The predicted octanol–water partition coefficient (Wildman–Crippen LogP) is 12.4. The third-order valence-corrected chi connectivity index (χ3v) is 8.16. The second-order valence-corrected chi connectivity index (χ2v) is 12.6. The molecule has 0 aliphatic heterocycles. The molecule has 0 saturated heterocycles. The van der Waals surface area contributed by atoms with Crippen molar-refractivity contribution >= 4 is 0 Å². The van der Waals surface area contributed by atoms with Gasteiger partial charge in [0.25, 0.3) is 0 Å². The van der Waals surface area contributed by atoms with Crippen molar-refractivity contribution in [3.63, 3.8) is 0 Å². The highest BCUT2D eigenvalue weighted by molar-refractivity contribution is 4.96. The molecule has 0 aromatic carbocycles. The summed E-state index contributed by atoms with van der Waals surface area (Å²) in [5.74, 6) is 0. The van der Waals surface area contributed by atoms with Crippen molar-refractivity contribution in [2.24, 2.45) is 0 Å². The van der Waals surface area contributed by atoms with E-state index in [1.54, 1.807) is 0 Å². The Labute approximate surface area is 253 Å². The van der Waals surface area contributed by atoms with E-state index in [1.165, 1.54) is 172 Å². The standard InChI is InChI=1S/C38H72N2/c1-8-10-11-12-13-14-18-23-29-38(7)30-24-19-16-21-26-33-39(32-25-20-15-17-22-28-36(3)4)34-27-35-40(31-9-2)37(5)6/h9,31H,3,5,7-8,10-30,32-35H2,1-2,4,6H3/b31-9-. The number of allylic oxidation sites excluding steroid dienone is 4. The van der Waals surface area contributed by atoms with Crippen molar-refractivity contribution < 1.29 is 0 Å². The minimum atomic E-state index is 1.07. The van der Waals surface area contributed by atoms with Crippen LogP contribution in [0.2, 0.25) is 0 Å². The molecule has 0 rings (SSSR count). The smallest absolute Gasteiger partial charge is 0.0233 e. The Morgan fingerprint density at radius 2 is 0.950 bits per heavy atom. The van der Waals surface area contributed by atoms with Gasteiger partial charge in [0.1, 0.15) is 0 Å². The molecule has 0 aliphatic rings. The number of hydrogen-bond donors (Lipinski definition) is 0. The van der Waals surface area contributed by atoms with Crippen molar-refractivity contribution in [1.82, 2.24) is 9.80 Å². The molecule has 0 spiro atoms. The Balaban J connectivity index is 4.07. The first-order valence-electron chi connectivity index (χ1n) is 17.5.